The van der Waals surface area contributed by atoms with Gasteiger partial charge in [0.15, 0.2) is 0 Å². The largest absolute Gasteiger partial charge is 0.497 e. The standard InChI is InChI=1S/C24H19FN2O4/c1-30-18-12-10-15(11-13-18)21-22(26-17-7-5-6-16(25)14-17)24(29)27(23(21)28)19-8-3-4-9-20(19)31-2/h3-14,26H,1-2H3. The fourth-order valence-electron chi connectivity index (χ4n) is 3.42. The lowest BCUT2D eigenvalue weighted by atomic mass is 10.0. The van der Waals surface area contributed by atoms with Gasteiger partial charge in [0.05, 0.1) is 25.5 Å². The van der Waals surface area contributed by atoms with Crippen molar-refractivity contribution in [1.82, 2.24) is 0 Å². The molecule has 1 heterocycles. The number of ether oxygens (including phenoxy) is 2. The Kier molecular flexibility index (Phi) is 5.41. The predicted molar refractivity (Wildman–Crippen MR) is 115 cm³/mol. The zero-order valence-corrected chi connectivity index (χ0v) is 16.9. The van der Waals surface area contributed by atoms with E-state index in [0.29, 0.717) is 28.4 Å². The molecule has 0 aromatic heterocycles. The first kappa shape index (κ1) is 20.2. The van der Waals surface area contributed by atoms with Gasteiger partial charge in [-0.3, -0.25) is 9.59 Å². The average Bonchev–Trinajstić information content (AvgIpc) is 3.03. The number of carbonyl (C=O) groups excluding carboxylic acids is 2. The Bertz CT molecular complexity index is 1190. The molecule has 3 aromatic carbocycles. The van der Waals surface area contributed by atoms with Crippen LogP contribution in [0.5, 0.6) is 11.5 Å². The molecule has 0 fully saturated rings. The minimum Gasteiger partial charge on any atom is -0.497 e. The number of para-hydroxylation sites is 2. The first-order valence-corrected chi connectivity index (χ1v) is 9.46. The minimum absolute atomic E-state index is 0.0478. The molecule has 0 saturated carbocycles. The number of anilines is 2. The maximum Gasteiger partial charge on any atom is 0.282 e. The molecule has 7 heteroatoms. The van der Waals surface area contributed by atoms with Gasteiger partial charge >= 0.3 is 0 Å². The van der Waals surface area contributed by atoms with Crippen LogP contribution in [0, 0.1) is 5.82 Å². The molecule has 31 heavy (non-hydrogen) atoms. The number of amides is 2. The van der Waals surface area contributed by atoms with Crippen LogP contribution < -0.4 is 19.7 Å². The van der Waals surface area contributed by atoms with Gasteiger partial charge in [0.25, 0.3) is 11.8 Å². The zero-order valence-electron chi connectivity index (χ0n) is 16.9. The Morgan fingerprint density at radius 3 is 2.26 bits per heavy atom. The predicted octanol–water partition coefficient (Wildman–Crippen LogP) is 4.24. The van der Waals surface area contributed by atoms with Crippen LogP contribution in [0.2, 0.25) is 0 Å². The van der Waals surface area contributed by atoms with Crippen LogP contribution in [0.15, 0.2) is 78.5 Å². The summed E-state index contributed by atoms with van der Waals surface area (Å²) in [6.07, 6.45) is 0. The second-order valence-corrected chi connectivity index (χ2v) is 6.73. The van der Waals surface area contributed by atoms with E-state index in [9.17, 15) is 14.0 Å². The summed E-state index contributed by atoms with van der Waals surface area (Å²) in [7, 11) is 3.01. The molecule has 1 N–H and O–H groups in total. The van der Waals surface area contributed by atoms with E-state index in [1.165, 1.54) is 25.3 Å². The van der Waals surface area contributed by atoms with E-state index >= 15 is 0 Å². The van der Waals surface area contributed by atoms with Crippen molar-refractivity contribution in [2.45, 2.75) is 0 Å². The number of methoxy groups -OCH3 is 2. The summed E-state index contributed by atoms with van der Waals surface area (Å²) in [4.78, 5) is 27.9. The lowest BCUT2D eigenvalue weighted by molar-refractivity contribution is -0.120. The van der Waals surface area contributed by atoms with Crippen LogP contribution in [0.1, 0.15) is 5.56 Å². The molecule has 3 aromatic rings. The molecular weight excluding hydrogens is 399 g/mol. The molecule has 0 saturated heterocycles. The Morgan fingerprint density at radius 2 is 1.58 bits per heavy atom. The van der Waals surface area contributed by atoms with Crippen molar-refractivity contribution < 1.29 is 23.5 Å². The fourth-order valence-corrected chi connectivity index (χ4v) is 3.42. The lowest BCUT2D eigenvalue weighted by Crippen LogP contribution is -2.32. The Hall–Kier alpha value is -4.13. The van der Waals surface area contributed by atoms with Gasteiger partial charge in [-0.15, -0.1) is 0 Å². The fraction of sp³-hybridized carbons (Fsp3) is 0.0833. The molecule has 1 aliphatic rings. The Balaban J connectivity index is 1.84. The van der Waals surface area contributed by atoms with Gasteiger partial charge < -0.3 is 14.8 Å². The molecule has 0 unspecified atom stereocenters. The first-order valence-electron chi connectivity index (χ1n) is 9.46. The van der Waals surface area contributed by atoms with Gasteiger partial charge in [-0.2, -0.15) is 0 Å². The van der Waals surface area contributed by atoms with Crippen molar-refractivity contribution >= 4 is 28.8 Å². The number of carbonyl (C=O) groups is 2. The monoisotopic (exact) mass is 418 g/mol. The molecule has 0 spiro atoms. The van der Waals surface area contributed by atoms with Gasteiger partial charge in [0.2, 0.25) is 0 Å². The van der Waals surface area contributed by atoms with E-state index in [0.717, 1.165) is 4.90 Å². The number of hydrogen-bond acceptors (Lipinski definition) is 5. The van der Waals surface area contributed by atoms with Crippen molar-refractivity contribution in [3.8, 4) is 11.5 Å². The molecular formula is C24H19FN2O4. The first-order chi connectivity index (χ1) is 15.0. The van der Waals surface area contributed by atoms with Crippen molar-refractivity contribution in [2.24, 2.45) is 0 Å². The van der Waals surface area contributed by atoms with Crippen LogP contribution in [0.4, 0.5) is 15.8 Å². The van der Waals surface area contributed by atoms with Gasteiger partial charge in [-0.1, -0.05) is 30.3 Å². The number of nitrogens with zero attached hydrogens (tertiary/aromatic N) is 1. The number of halogens is 1. The van der Waals surface area contributed by atoms with Gasteiger partial charge in [0, 0.05) is 5.69 Å². The zero-order chi connectivity index (χ0) is 22.0. The lowest BCUT2D eigenvalue weighted by Gasteiger charge is -2.18. The Labute approximate surface area is 178 Å². The van der Waals surface area contributed by atoms with Crippen LogP contribution in [0.3, 0.4) is 0 Å². The van der Waals surface area contributed by atoms with Crippen LogP contribution in [0.25, 0.3) is 5.57 Å². The highest BCUT2D eigenvalue weighted by molar-refractivity contribution is 6.46. The third-order valence-corrected chi connectivity index (χ3v) is 4.88. The number of imide groups is 1. The molecule has 0 bridgehead atoms. The maximum atomic E-state index is 13.7. The third kappa shape index (κ3) is 3.73. The highest BCUT2D eigenvalue weighted by Crippen LogP contribution is 2.38. The highest BCUT2D eigenvalue weighted by Gasteiger charge is 2.41. The molecule has 156 valence electrons. The van der Waals surface area contributed by atoms with E-state index in [2.05, 4.69) is 5.32 Å². The number of rotatable bonds is 6. The summed E-state index contributed by atoms with van der Waals surface area (Å²) in [5, 5.41) is 2.93. The number of nitrogens with one attached hydrogen (secondary N) is 1. The SMILES string of the molecule is COc1ccc(C2=C(Nc3cccc(F)c3)C(=O)N(c3ccccc3OC)C2=O)cc1. The summed E-state index contributed by atoms with van der Waals surface area (Å²) in [6, 6.07) is 19.2. The summed E-state index contributed by atoms with van der Waals surface area (Å²) in [5.41, 5.74) is 1.41. The Morgan fingerprint density at radius 1 is 0.839 bits per heavy atom. The summed E-state index contributed by atoms with van der Waals surface area (Å²) >= 11 is 0. The summed E-state index contributed by atoms with van der Waals surface area (Å²) < 4.78 is 24.2. The highest BCUT2D eigenvalue weighted by atomic mass is 19.1. The van der Waals surface area contributed by atoms with Gasteiger partial charge in [-0.25, -0.2) is 9.29 Å². The second-order valence-electron chi connectivity index (χ2n) is 6.73. The average molecular weight is 418 g/mol. The molecule has 2 amide bonds. The van der Waals surface area contributed by atoms with Crippen molar-refractivity contribution in [2.75, 3.05) is 24.4 Å². The molecule has 6 nitrogen and oxygen atoms in total. The van der Waals surface area contributed by atoms with E-state index in [1.807, 2.05) is 0 Å². The van der Waals surface area contributed by atoms with Crippen LogP contribution in [-0.4, -0.2) is 26.0 Å². The van der Waals surface area contributed by atoms with Crippen molar-refractivity contribution in [3.63, 3.8) is 0 Å². The molecule has 4 rings (SSSR count). The topological polar surface area (TPSA) is 67.9 Å². The van der Waals surface area contributed by atoms with Crippen molar-refractivity contribution in [1.29, 1.82) is 0 Å². The van der Waals surface area contributed by atoms with Crippen LogP contribution in [-0.2, 0) is 9.59 Å². The third-order valence-electron chi connectivity index (χ3n) is 4.88. The molecule has 0 atom stereocenters. The molecule has 0 aliphatic carbocycles. The quantitative estimate of drug-likeness (QED) is 0.607. The summed E-state index contributed by atoms with van der Waals surface area (Å²) in [5.74, 6) is -0.550. The number of benzene rings is 3. The van der Waals surface area contributed by atoms with E-state index in [1.54, 1.807) is 61.7 Å². The smallest absolute Gasteiger partial charge is 0.282 e. The van der Waals surface area contributed by atoms with Crippen LogP contribution >= 0.6 is 0 Å². The molecule has 0 radical (unpaired) electrons. The second kappa shape index (κ2) is 8.31. The van der Waals surface area contributed by atoms with Gasteiger partial charge in [-0.05, 0) is 48.0 Å². The molecule has 1 aliphatic heterocycles. The van der Waals surface area contributed by atoms with E-state index in [4.69, 9.17) is 9.47 Å². The normalized spacial score (nSPS) is 13.6. The maximum absolute atomic E-state index is 13.7. The minimum atomic E-state index is -0.565. The van der Waals surface area contributed by atoms with Crippen molar-refractivity contribution in [3.05, 3.63) is 89.9 Å². The van der Waals surface area contributed by atoms with E-state index in [-0.39, 0.29) is 11.3 Å². The number of hydrogen-bond donors (Lipinski definition) is 1. The summed E-state index contributed by atoms with van der Waals surface area (Å²) in [6.45, 7) is 0. The van der Waals surface area contributed by atoms with E-state index < -0.39 is 17.6 Å². The van der Waals surface area contributed by atoms with Gasteiger partial charge in [0.1, 0.15) is 23.0 Å².